The van der Waals surface area contributed by atoms with Crippen molar-refractivity contribution in [1.29, 1.82) is 0 Å². The molecule has 1 atom stereocenters. The molecule has 1 N–H and O–H groups in total. The molecule has 0 aliphatic heterocycles. The molecule has 2 aromatic rings. The zero-order valence-electron chi connectivity index (χ0n) is 10.3. The summed E-state index contributed by atoms with van der Waals surface area (Å²) < 4.78 is 3.05. The molecule has 1 heterocycles. The maximum Gasteiger partial charge on any atom is 0.0837 e. The van der Waals surface area contributed by atoms with E-state index in [1.54, 1.807) is 6.20 Å². The van der Waals surface area contributed by atoms with Crippen molar-refractivity contribution in [3.05, 3.63) is 50.3 Å². The van der Waals surface area contributed by atoms with E-state index in [9.17, 15) is 0 Å². The quantitative estimate of drug-likeness (QED) is 0.830. The Balaban J connectivity index is 2.50. The van der Waals surface area contributed by atoms with E-state index in [2.05, 4.69) is 52.1 Å². The number of halogens is 2. The smallest absolute Gasteiger partial charge is 0.0837 e. The summed E-state index contributed by atoms with van der Waals surface area (Å²) in [6, 6.07) is 8.39. The van der Waals surface area contributed by atoms with Gasteiger partial charge in [-0.15, -0.1) is 0 Å². The van der Waals surface area contributed by atoms with Gasteiger partial charge >= 0.3 is 0 Å². The van der Waals surface area contributed by atoms with E-state index in [-0.39, 0.29) is 6.04 Å². The third-order valence-corrected chi connectivity index (χ3v) is 4.11. The highest BCUT2D eigenvalue weighted by atomic mass is 127. The predicted molar refractivity (Wildman–Crippen MR) is 82.9 cm³/mol. The average Bonchev–Trinajstić information content (AvgIpc) is 2.68. The topological polar surface area (TPSA) is 29.9 Å². The van der Waals surface area contributed by atoms with Gasteiger partial charge < -0.3 is 5.32 Å². The van der Waals surface area contributed by atoms with Crippen molar-refractivity contribution in [2.24, 2.45) is 7.05 Å². The summed E-state index contributed by atoms with van der Waals surface area (Å²) >= 11 is 8.60. The molecule has 3 nitrogen and oxygen atoms in total. The summed E-state index contributed by atoms with van der Waals surface area (Å²) in [7, 11) is 1.92. The Morgan fingerprint density at radius 2 is 2.17 bits per heavy atom. The minimum atomic E-state index is 0.0723. The second-order valence-electron chi connectivity index (χ2n) is 4.01. The molecule has 0 aliphatic rings. The van der Waals surface area contributed by atoms with Gasteiger partial charge in [0.05, 0.1) is 23.0 Å². The molecule has 0 saturated heterocycles. The zero-order chi connectivity index (χ0) is 13.1. The molecule has 0 saturated carbocycles. The van der Waals surface area contributed by atoms with Gasteiger partial charge in [0, 0.05) is 10.6 Å². The number of hydrogen-bond acceptors (Lipinski definition) is 2. The molecule has 0 aliphatic carbocycles. The van der Waals surface area contributed by atoms with Gasteiger partial charge in [-0.2, -0.15) is 5.10 Å². The lowest BCUT2D eigenvalue weighted by Crippen LogP contribution is -2.25. The minimum Gasteiger partial charge on any atom is -0.305 e. The highest BCUT2D eigenvalue weighted by molar-refractivity contribution is 14.1. The minimum absolute atomic E-state index is 0.0723. The van der Waals surface area contributed by atoms with Crippen LogP contribution in [0.3, 0.4) is 0 Å². The standard InChI is InChI=1S/C13H15ClIN3/c1-3-16-12(9-6-4-5-7-11(9)15)13-10(14)8-17-18(13)2/h4-8,12,16H,3H2,1-2H3. The predicted octanol–water partition coefficient (Wildman–Crippen LogP) is 3.38. The Morgan fingerprint density at radius 1 is 1.44 bits per heavy atom. The molecule has 5 heteroatoms. The first-order chi connectivity index (χ1) is 8.65. The van der Waals surface area contributed by atoms with Crippen LogP contribution in [-0.4, -0.2) is 16.3 Å². The molecule has 2 rings (SSSR count). The summed E-state index contributed by atoms with van der Waals surface area (Å²) in [5.41, 5.74) is 2.23. The normalized spacial score (nSPS) is 12.7. The van der Waals surface area contributed by atoms with Crippen LogP contribution in [0.2, 0.25) is 5.02 Å². The van der Waals surface area contributed by atoms with Gasteiger partial charge in [-0.05, 0) is 40.8 Å². The first-order valence-corrected chi connectivity index (χ1v) is 7.26. The number of aryl methyl sites for hydroxylation is 1. The highest BCUT2D eigenvalue weighted by Crippen LogP contribution is 2.30. The lowest BCUT2D eigenvalue weighted by Gasteiger charge is -2.20. The van der Waals surface area contributed by atoms with E-state index >= 15 is 0 Å². The Bertz CT molecular complexity index is 519. The fourth-order valence-corrected chi connectivity index (χ4v) is 2.99. The van der Waals surface area contributed by atoms with Crippen molar-refractivity contribution < 1.29 is 0 Å². The second kappa shape index (κ2) is 6.04. The largest absolute Gasteiger partial charge is 0.305 e. The van der Waals surface area contributed by atoms with Crippen LogP contribution < -0.4 is 5.32 Å². The van der Waals surface area contributed by atoms with Crippen molar-refractivity contribution in [2.45, 2.75) is 13.0 Å². The van der Waals surface area contributed by atoms with E-state index in [0.29, 0.717) is 5.02 Å². The van der Waals surface area contributed by atoms with Crippen LogP contribution in [-0.2, 0) is 7.05 Å². The third-order valence-electron chi connectivity index (χ3n) is 2.84. The zero-order valence-corrected chi connectivity index (χ0v) is 13.2. The second-order valence-corrected chi connectivity index (χ2v) is 5.58. The van der Waals surface area contributed by atoms with Gasteiger partial charge in [-0.1, -0.05) is 36.7 Å². The van der Waals surface area contributed by atoms with Gasteiger partial charge in [-0.3, -0.25) is 4.68 Å². The number of aromatic nitrogens is 2. The molecule has 1 aromatic carbocycles. The van der Waals surface area contributed by atoms with E-state index < -0.39 is 0 Å². The maximum absolute atomic E-state index is 6.25. The van der Waals surface area contributed by atoms with Crippen LogP contribution in [0, 0.1) is 3.57 Å². The number of nitrogens with one attached hydrogen (secondary N) is 1. The van der Waals surface area contributed by atoms with Crippen LogP contribution in [0.15, 0.2) is 30.5 Å². The molecule has 1 aromatic heterocycles. The lowest BCUT2D eigenvalue weighted by atomic mass is 10.0. The first kappa shape index (κ1) is 13.8. The van der Waals surface area contributed by atoms with Gasteiger partial charge in [-0.25, -0.2) is 0 Å². The Morgan fingerprint density at radius 3 is 2.72 bits per heavy atom. The SMILES string of the molecule is CCNC(c1ccccc1I)c1c(Cl)cnn1C. The van der Waals surface area contributed by atoms with Crippen molar-refractivity contribution in [2.75, 3.05) is 6.54 Å². The van der Waals surface area contributed by atoms with Crippen molar-refractivity contribution in [3.8, 4) is 0 Å². The summed E-state index contributed by atoms with van der Waals surface area (Å²) in [5, 5.41) is 8.39. The summed E-state index contributed by atoms with van der Waals surface area (Å²) in [5.74, 6) is 0. The van der Waals surface area contributed by atoms with Crippen LogP contribution in [0.25, 0.3) is 0 Å². The van der Waals surface area contributed by atoms with Crippen molar-refractivity contribution in [3.63, 3.8) is 0 Å². The van der Waals surface area contributed by atoms with Gasteiger partial charge in [0.1, 0.15) is 0 Å². The fraction of sp³-hybridized carbons (Fsp3) is 0.308. The van der Waals surface area contributed by atoms with Gasteiger partial charge in [0.25, 0.3) is 0 Å². The molecule has 0 amide bonds. The van der Waals surface area contributed by atoms with E-state index in [1.165, 1.54) is 9.13 Å². The molecular formula is C13H15ClIN3. The van der Waals surface area contributed by atoms with Crippen LogP contribution in [0.4, 0.5) is 0 Å². The fourth-order valence-electron chi connectivity index (χ4n) is 2.01. The van der Waals surface area contributed by atoms with E-state index in [4.69, 9.17) is 11.6 Å². The molecule has 0 radical (unpaired) electrons. The molecule has 96 valence electrons. The highest BCUT2D eigenvalue weighted by Gasteiger charge is 2.21. The summed E-state index contributed by atoms with van der Waals surface area (Å²) in [6.07, 6.45) is 1.69. The van der Waals surface area contributed by atoms with Crippen molar-refractivity contribution in [1.82, 2.24) is 15.1 Å². The van der Waals surface area contributed by atoms with E-state index in [0.717, 1.165) is 12.2 Å². The maximum atomic E-state index is 6.25. The number of nitrogens with zero attached hydrogens (tertiary/aromatic N) is 2. The Kier molecular flexibility index (Phi) is 4.64. The number of benzene rings is 1. The first-order valence-electron chi connectivity index (χ1n) is 5.80. The molecule has 0 fully saturated rings. The van der Waals surface area contributed by atoms with Gasteiger partial charge in [0.2, 0.25) is 0 Å². The lowest BCUT2D eigenvalue weighted by molar-refractivity contribution is 0.571. The average molecular weight is 376 g/mol. The molecule has 18 heavy (non-hydrogen) atoms. The molecule has 0 bridgehead atoms. The summed E-state index contributed by atoms with van der Waals surface area (Å²) in [6.45, 7) is 2.96. The van der Waals surface area contributed by atoms with Crippen LogP contribution in [0.5, 0.6) is 0 Å². The third kappa shape index (κ3) is 2.70. The van der Waals surface area contributed by atoms with Crippen LogP contribution >= 0.6 is 34.2 Å². The van der Waals surface area contributed by atoms with Crippen molar-refractivity contribution >= 4 is 34.2 Å². The Hall–Kier alpha value is -0.590. The molecule has 0 spiro atoms. The number of hydrogen-bond donors (Lipinski definition) is 1. The number of rotatable bonds is 4. The van der Waals surface area contributed by atoms with Crippen LogP contribution in [0.1, 0.15) is 24.2 Å². The molecular weight excluding hydrogens is 361 g/mol. The molecule has 1 unspecified atom stereocenters. The summed E-state index contributed by atoms with van der Waals surface area (Å²) in [4.78, 5) is 0. The monoisotopic (exact) mass is 375 g/mol. The van der Waals surface area contributed by atoms with Gasteiger partial charge in [0.15, 0.2) is 0 Å². The van der Waals surface area contributed by atoms with E-state index in [1.807, 2.05) is 23.9 Å². The Labute approximate surface area is 126 Å².